The minimum atomic E-state index is -0.557. The van der Waals surface area contributed by atoms with Crippen molar-refractivity contribution >= 4 is 22.2 Å². The zero-order valence-corrected chi connectivity index (χ0v) is 10.9. The molecule has 0 fully saturated rings. The molecule has 5 heteroatoms. The fraction of sp³-hybridized carbons (Fsp3) is 0. The third kappa shape index (κ3) is 2.25. The molecule has 0 saturated heterocycles. The van der Waals surface area contributed by atoms with Gasteiger partial charge >= 0.3 is 0 Å². The maximum absolute atomic E-state index is 12.6. The molecule has 1 heterocycles. The summed E-state index contributed by atoms with van der Waals surface area (Å²) in [6.07, 6.45) is 1.53. The van der Waals surface area contributed by atoms with Crippen LogP contribution >= 0.6 is 0 Å². The second-order valence-corrected chi connectivity index (χ2v) is 4.48. The monoisotopic (exact) mass is 278 g/mol. The van der Waals surface area contributed by atoms with E-state index in [2.05, 4.69) is 4.98 Å². The largest absolute Gasteiger partial charge is 0.287 e. The summed E-state index contributed by atoms with van der Waals surface area (Å²) in [6, 6.07) is 15.0. The number of pyridine rings is 1. The van der Waals surface area contributed by atoms with Crippen LogP contribution < -0.4 is 0 Å². The molecule has 1 aromatic heterocycles. The molecule has 21 heavy (non-hydrogen) atoms. The number of hydrogen-bond donors (Lipinski definition) is 0. The summed E-state index contributed by atoms with van der Waals surface area (Å²) in [4.78, 5) is 27.2. The number of para-hydroxylation sites is 1. The van der Waals surface area contributed by atoms with Gasteiger partial charge in [0.1, 0.15) is 11.3 Å². The predicted molar refractivity (Wildman–Crippen MR) is 78.3 cm³/mol. The number of aromatic nitrogens is 1. The van der Waals surface area contributed by atoms with E-state index in [1.165, 1.54) is 24.4 Å². The molecule has 0 aliphatic rings. The first-order valence-electron chi connectivity index (χ1n) is 6.30. The molecular formula is C16H10N2O3. The van der Waals surface area contributed by atoms with Crippen molar-refractivity contribution < 1.29 is 9.72 Å². The number of nitro groups is 1. The molecule has 0 bridgehead atoms. The van der Waals surface area contributed by atoms with Crippen LogP contribution in [0.25, 0.3) is 10.8 Å². The van der Waals surface area contributed by atoms with Gasteiger partial charge in [0, 0.05) is 17.6 Å². The van der Waals surface area contributed by atoms with Crippen LogP contribution in [0.3, 0.4) is 0 Å². The zero-order chi connectivity index (χ0) is 14.8. The minimum absolute atomic E-state index is 0.0475. The van der Waals surface area contributed by atoms with E-state index in [1.807, 2.05) is 12.1 Å². The molecule has 0 atom stereocenters. The SMILES string of the molecule is O=C(c1ccccc1[N+](=O)[O-])c1nccc2ccccc12. The van der Waals surface area contributed by atoms with Gasteiger partial charge in [-0.3, -0.25) is 19.9 Å². The average molecular weight is 278 g/mol. The third-order valence-electron chi connectivity index (χ3n) is 3.23. The van der Waals surface area contributed by atoms with Gasteiger partial charge in [0.25, 0.3) is 5.69 Å². The second-order valence-electron chi connectivity index (χ2n) is 4.48. The number of ketones is 1. The molecule has 0 aliphatic heterocycles. The third-order valence-corrected chi connectivity index (χ3v) is 3.23. The first-order valence-corrected chi connectivity index (χ1v) is 6.30. The van der Waals surface area contributed by atoms with Crippen molar-refractivity contribution in [1.82, 2.24) is 4.98 Å². The van der Waals surface area contributed by atoms with Crippen LogP contribution in [-0.4, -0.2) is 15.7 Å². The smallest absolute Gasteiger partial charge is 0.280 e. The predicted octanol–water partition coefficient (Wildman–Crippen LogP) is 3.37. The van der Waals surface area contributed by atoms with E-state index < -0.39 is 10.7 Å². The summed E-state index contributed by atoms with van der Waals surface area (Å²) in [5.74, 6) is -0.445. The first kappa shape index (κ1) is 12.9. The Kier molecular flexibility index (Phi) is 3.16. The Labute approximate surface area is 120 Å². The highest BCUT2D eigenvalue weighted by Gasteiger charge is 2.22. The number of nitro benzene ring substituents is 1. The Balaban J connectivity index is 2.20. The van der Waals surface area contributed by atoms with Gasteiger partial charge in [-0.1, -0.05) is 36.4 Å². The highest BCUT2D eigenvalue weighted by Crippen LogP contribution is 2.24. The quantitative estimate of drug-likeness (QED) is 0.418. The molecule has 102 valence electrons. The molecule has 0 amide bonds. The van der Waals surface area contributed by atoms with Crippen molar-refractivity contribution in [3.05, 3.63) is 82.2 Å². The van der Waals surface area contributed by atoms with E-state index in [4.69, 9.17) is 0 Å². The summed E-state index contributed by atoms with van der Waals surface area (Å²) in [6.45, 7) is 0. The number of carbonyl (C=O) groups is 1. The molecule has 2 aromatic carbocycles. The van der Waals surface area contributed by atoms with Gasteiger partial charge in [-0.15, -0.1) is 0 Å². The zero-order valence-electron chi connectivity index (χ0n) is 10.9. The number of hydrogen-bond acceptors (Lipinski definition) is 4. The highest BCUT2D eigenvalue weighted by atomic mass is 16.6. The average Bonchev–Trinajstić information content (AvgIpc) is 2.53. The van der Waals surface area contributed by atoms with Gasteiger partial charge in [0.2, 0.25) is 5.78 Å². The lowest BCUT2D eigenvalue weighted by atomic mass is 10.0. The maximum Gasteiger partial charge on any atom is 0.280 e. The summed E-state index contributed by atoms with van der Waals surface area (Å²) >= 11 is 0. The summed E-state index contributed by atoms with van der Waals surface area (Å²) < 4.78 is 0. The van der Waals surface area contributed by atoms with Gasteiger partial charge in [-0.2, -0.15) is 0 Å². The molecule has 3 rings (SSSR count). The van der Waals surface area contributed by atoms with Crippen LogP contribution in [0.15, 0.2) is 60.8 Å². The minimum Gasteiger partial charge on any atom is -0.287 e. The van der Waals surface area contributed by atoms with Crippen molar-refractivity contribution in [3.8, 4) is 0 Å². The highest BCUT2D eigenvalue weighted by molar-refractivity contribution is 6.16. The second kappa shape index (κ2) is 5.13. The van der Waals surface area contributed by atoms with Gasteiger partial charge < -0.3 is 0 Å². The fourth-order valence-corrected chi connectivity index (χ4v) is 2.25. The number of benzene rings is 2. The number of carbonyl (C=O) groups excluding carboxylic acids is 1. The Morgan fingerprint density at radius 1 is 1.00 bits per heavy atom. The van der Waals surface area contributed by atoms with Crippen LogP contribution in [0.5, 0.6) is 0 Å². The van der Waals surface area contributed by atoms with Crippen molar-refractivity contribution in [2.45, 2.75) is 0 Å². The Hall–Kier alpha value is -3.08. The molecule has 0 saturated carbocycles. The van der Waals surface area contributed by atoms with Crippen molar-refractivity contribution in [2.75, 3.05) is 0 Å². The lowest BCUT2D eigenvalue weighted by Gasteiger charge is -2.05. The van der Waals surface area contributed by atoms with Crippen molar-refractivity contribution in [3.63, 3.8) is 0 Å². The lowest BCUT2D eigenvalue weighted by Crippen LogP contribution is -2.07. The maximum atomic E-state index is 12.6. The standard InChI is InChI=1S/C16H10N2O3/c19-16(13-7-3-4-8-14(13)18(20)21)15-12-6-2-1-5-11(12)9-10-17-15/h1-10H. The molecule has 0 aliphatic carbocycles. The molecule has 0 spiro atoms. The van der Waals surface area contributed by atoms with Crippen molar-refractivity contribution in [2.24, 2.45) is 0 Å². The van der Waals surface area contributed by atoms with Gasteiger partial charge in [-0.05, 0) is 17.5 Å². The molecule has 0 unspecified atom stereocenters. The summed E-state index contributed by atoms with van der Waals surface area (Å²) in [5, 5.41) is 12.6. The number of fused-ring (bicyclic) bond motifs is 1. The molecule has 3 aromatic rings. The van der Waals surface area contributed by atoms with Crippen LogP contribution in [0, 0.1) is 10.1 Å². The summed E-state index contributed by atoms with van der Waals surface area (Å²) in [5.41, 5.74) is 0.0611. The Bertz CT molecular complexity index is 854. The topological polar surface area (TPSA) is 73.1 Å². The number of rotatable bonds is 3. The molecule has 0 N–H and O–H groups in total. The normalized spacial score (nSPS) is 10.5. The summed E-state index contributed by atoms with van der Waals surface area (Å²) in [7, 11) is 0. The van der Waals surface area contributed by atoms with Gasteiger partial charge in [0.05, 0.1) is 4.92 Å². The first-order chi connectivity index (χ1) is 10.2. The number of nitrogens with zero attached hydrogens (tertiary/aromatic N) is 2. The lowest BCUT2D eigenvalue weighted by molar-refractivity contribution is -0.385. The van der Waals surface area contributed by atoms with E-state index in [0.717, 1.165) is 5.39 Å². The molecule has 0 radical (unpaired) electrons. The van der Waals surface area contributed by atoms with E-state index >= 15 is 0 Å². The van der Waals surface area contributed by atoms with E-state index in [-0.39, 0.29) is 16.9 Å². The van der Waals surface area contributed by atoms with Crippen LogP contribution in [-0.2, 0) is 0 Å². The Morgan fingerprint density at radius 3 is 2.52 bits per heavy atom. The molecule has 5 nitrogen and oxygen atoms in total. The fourth-order valence-electron chi connectivity index (χ4n) is 2.25. The van der Waals surface area contributed by atoms with Crippen LogP contribution in [0.2, 0.25) is 0 Å². The Morgan fingerprint density at radius 2 is 1.71 bits per heavy atom. The van der Waals surface area contributed by atoms with E-state index in [1.54, 1.807) is 24.3 Å². The molecular weight excluding hydrogens is 268 g/mol. The van der Waals surface area contributed by atoms with E-state index in [9.17, 15) is 14.9 Å². The van der Waals surface area contributed by atoms with Crippen molar-refractivity contribution in [1.29, 1.82) is 0 Å². The van der Waals surface area contributed by atoms with Crippen LogP contribution in [0.1, 0.15) is 16.1 Å². The van der Waals surface area contributed by atoms with Crippen LogP contribution in [0.4, 0.5) is 5.69 Å². The van der Waals surface area contributed by atoms with Gasteiger partial charge in [0.15, 0.2) is 0 Å². The van der Waals surface area contributed by atoms with E-state index in [0.29, 0.717) is 5.39 Å². The van der Waals surface area contributed by atoms with Gasteiger partial charge in [-0.25, -0.2) is 0 Å².